The van der Waals surface area contributed by atoms with Gasteiger partial charge in [0.05, 0.1) is 11.4 Å². The fourth-order valence-corrected chi connectivity index (χ4v) is 5.50. The highest BCUT2D eigenvalue weighted by molar-refractivity contribution is 7.15. The monoisotopic (exact) mass is 558 g/mol. The molecule has 0 aliphatic carbocycles. The quantitative estimate of drug-likeness (QED) is 0.290. The highest BCUT2D eigenvalue weighted by Gasteiger charge is 2.28. The van der Waals surface area contributed by atoms with Gasteiger partial charge in [0.1, 0.15) is 11.3 Å². The molecule has 5 heterocycles. The molecule has 0 radical (unpaired) electrons. The molecule has 1 aromatic carbocycles. The van der Waals surface area contributed by atoms with Crippen LogP contribution in [0, 0.1) is 6.92 Å². The Morgan fingerprint density at radius 1 is 1.18 bits per heavy atom. The number of amides is 1. The molecule has 1 fully saturated rings. The van der Waals surface area contributed by atoms with Crippen molar-refractivity contribution in [3.63, 3.8) is 0 Å². The molecular formula is C28H30N8O3S. The van der Waals surface area contributed by atoms with Crippen molar-refractivity contribution in [2.45, 2.75) is 52.2 Å². The largest absolute Gasteiger partial charge is 0.444 e. The lowest BCUT2D eigenvalue weighted by Crippen LogP contribution is -2.47. The van der Waals surface area contributed by atoms with Gasteiger partial charge in [-0.2, -0.15) is 4.98 Å². The predicted octanol–water partition coefficient (Wildman–Crippen LogP) is 5.69. The van der Waals surface area contributed by atoms with Gasteiger partial charge in [-0.15, -0.1) is 11.3 Å². The third-order valence-electron chi connectivity index (χ3n) is 6.49. The number of benzene rings is 1. The summed E-state index contributed by atoms with van der Waals surface area (Å²) in [5.41, 5.74) is 3.62. The fraction of sp³-hybridized carbons (Fsp3) is 0.357. The number of hydrogen-bond acceptors (Lipinski definition) is 10. The summed E-state index contributed by atoms with van der Waals surface area (Å²) in [6.45, 7) is 8.60. The Balaban J connectivity index is 1.29. The SMILES string of the molecule is Cc1nc(-c2cccc(-c3nc4sccn4c3-c3ccnc(N[C@@H]4CCCN(C(=O)OC(C)(C)C)C4)n3)c2)no1. The molecular weight excluding hydrogens is 528 g/mol. The molecule has 0 unspecified atom stereocenters. The van der Waals surface area contributed by atoms with Crippen molar-refractivity contribution >= 4 is 28.3 Å². The molecule has 1 aliphatic rings. The molecule has 0 spiro atoms. The van der Waals surface area contributed by atoms with E-state index in [-0.39, 0.29) is 12.1 Å². The lowest BCUT2D eigenvalue weighted by Gasteiger charge is -2.34. The summed E-state index contributed by atoms with van der Waals surface area (Å²) >= 11 is 1.56. The van der Waals surface area contributed by atoms with Gasteiger partial charge >= 0.3 is 6.09 Å². The molecule has 40 heavy (non-hydrogen) atoms. The fourth-order valence-electron chi connectivity index (χ4n) is 4.78. The van der Waals surface area contributed by atoms with Crippen LogP contribution >= 0.6 is 11.3 Å². The summed E-state index contributed by atoms with van der Waals surface area (Å²) in [6.07, 6.45) is 5.22. The van der Waals surface area contributed by atoms with E-state index in [1.165, 1.54) is 0 Å². The van der Waals surface area contributed by atoms with Crippen LogP contribution < -0.4 is 5.32 Å². The van der Waals surface area contributed by atoms with E-state index in [1.54, 1.807) is 29.4 Å². The van der Waals surface area contributed by atoms with Gasteiger partial charge in [0.15, 0.2) is 4.96 Å². The minimum absolute atomic E-state index is 0.0118. The average Bonchev–Trinajstić information content (AvgIpc) is 3.64. The second-order valence-corrected chi connectivity index (χ2v) is 11.6. The normalized spacial score (nSPS) is 15.9. The maximum atomic E-state index is 12.6. The van der Waals surface area contributed by atoms with Crippen LogP contribution in [0.25, 0.3) is 39.0 Å². The van der Waals surface area contributed by atoms with Crippen LogP contribution in [0.5, 0.6) is 0 Å². The van der Waals surface area contributed by atoms with E-state index in [2.05, 4.69) is 20.4 Å². The molecule has 11 nitrogen and oxygen atoms in total. The number of carbonyl (C=O) groups excluding carboxylic acids is 1. The van der Waals surface area contributed by atoms with E-state index in [4.69, 9.17) is 19.2 Å². The van der Waals surface area contributed by atoms with E-state index in [0.717, 1.165) is 46.0 Å². The highest BCUT2D eigenvalue weighted by Crippen LogP contribution is 2.35. The maximum absolute atomic E-state index is 12.6. The topological polar surface area (TPSA) is 124 Å². The Morgan fingerprint density at radius 2 is 2.02 bits per heavy atom. The van der Waals surface area contributed by atoms with E-state index in [0.29, 0.717) is 30.8 Å². The number of hydrogen-bond donors (Lipinski definition) is 1. The molecule has 1 atom stereocenters. The summed E-state index contributed by atoms with van der Waals surface area (Å²) in [5.74, 6) is 1.54. The van der Waals surface area contributed by atoms with Crippen LogP contribution in [-0.2, 0) is 4.74 Å². The second kappa shape index (κ2) is 10.3. The number of ether oxygens (including phenoxy) is 1. The van der Waals surface area contributed by atoms with Crippen LogP contribution in [-0.4, -0.2) is 65.2 Å². The average molecular weight is 559 g/mol. The number of carbonyl (C=O) groups is 1. The number of thiazole rings is 1. The minimum atomic E-state index is -0.533. The first-order valence-corrected chi connectivity index (χ1v) is 14.1. The molecule has 5 aromatic rings. The lowest BCUT2D eigenvalue weighted by molar-refractivity contribution is 0.0206. The zero-order valence-electron chi connectivity index (χ0n) is 22.8. The number of likely N-dealkylation sites (tertiary alicyclic amines) is 1. The first kappa shape index (κ1) is 25.9. The van der Waals surface area contributed by atoms with Gasteiger partial charge in [-0.25, -0.2) is 19.7 Å². The molecule has 12 heteroatoms. The van der Waals surface area contributed by atoms with Crippen molar-refractivity contribution in [3.05, 3.63) is 54.0 Å². The Kier molecular flexibility index (Phi) is 6.70. The third kappa shape index (κ3) is 5.39. The molecule has 1 saturated heterocycles. The Morgan fingerprint density at radius 3 is 2.83 bits per heavy atom. The predicted molar refractivity (Wildman–Crippen MR) is 152 cm³/mol. The van der Waals surface area contributed by atoms with Crippen LogP contribution in [0.15, 0.2) is 52.6 Å². The number of rotatable bonds is 5. The Hall–Kier alpha value is -4.32. The summed E-state index contributed by atoms with van der Waals surface area (Å²) in [6, 6.07) is 9.82. The Labute approximate surface area is 235 Å². The first-order chi connectivity index (χ1) is 19.2. The summed E-state index contributed by atoms with van der Waals surface area (Å²) in [4.78, 5) is 33.9. The third-order valence-corrected chi connectivity index (χ3v) is 7.25. The number of piperidine rings is 1. The molecule has 6 rings (SSSR count). The van der Waals surface area contributed by atoms with Crippen molar-refractivity contribution in [2.75, 3.05) is 18.4 Å². The number of nitrogens with zero attached hydrogens (tertiary/aromatic N) is 7. The van der Waals surface area contributed by atoms with Crippen LogP contribution in [0.4, 0.5) is 10.7 Å². The molecule has 4 aromatic heterocycles. The van der Waals surface area contributed by atoms with Gasteiger partial charge in [0, 0.05) is 55.0 Å². The highest BCUT2D eigenvalue weighted by atomic mass is 32.1. The summed E-state index contributed by atoms with van der Waals surface area (Å²) in [5, 5.41) is 9.50. The molecule has 0 bridgehead atoms. The van der Waals surface area contributed by atoms with Crippen molar-refractivity contribution < 1.29 is 14.1 Å². The molecule has 1 amide bonds. The van der Waals surface area contributed by atoms with Crippen LogP contribution in [0.1, 0.15) is 39.5 Å². The van der Waals surface area contributed by atoms with Crippen molar-refractivity contribution in [1.82, 2.24) is 34.4 Å². The van der Waals surface area contributed by atoms with E-state index >= 15 is 0 Å². The van der Waals surface area contributed by atoms with Gasteiger partial charge in [0.2, 0.25) is 17.7 Å². The number of aromatic nitrogens is 6. The van der Waals surface area contributed by atoms with Gasteiger partial charge in [-0.1, -0.05) is 23.4 Å². The number of fused-ring (bicyclic) bond motifs is 1. The van der Waals surface area contributed by atoms with Crippen molar-refractivity contribution in [3.8, 4) is 34.0 Å². The second-order valence-electron chi connectivity index (χ2n) is 10.8. The van der Waals surface area contributed by atoms with Gasteiger partial charge in [-0.3, -0.25) is 4.40 Å². The Bertz CT molecular complexity index is 1670. The van der Waals surface area contributed by atoms with E-state index < -0.39 is 5.60 Å². The van der Waals surface area contributed by atoms with Crippen molar-refractivity contribution in [2.24, 2.45) is 0 Å². The number of imidazole rings is 1. The van der Waals surface area contributed by atoms with Crippen LogP contribution in [0.2, 0.25) is 0 Å². The smallest absolute Gasteiger partial charge is 0.410 e. The van der Waals surface area contributed by atoms with E-state index in [9.17, 15) is 4.79 Å². The summed E-state index contributed by atoms with van der Waals surface area (Å²) in [7, 11) is 0. The van der Waals surface area contributed by atoms with Crippen LogP contribution in [0.3, 0.4) is 0 Å². The number of nitrogens with one attached hydrogen (secondary N) is 1. The van der Waals surface area contributed by atoms with Gasteiger partial charge < -0.3 is 19.5 Å². The lowest BCUT2D eigenvalue weighted by atomic mass is 10.0. The van der Waals surface area contributed by atoms with Crippen molar-refractivity contribution in [1.29, 1.82) is 0 Å². The first-order valence-electron chi connectivity index (χ1n) is 13.2. The zero-order chi connectivity index (χ0) is 27.9. The maximum Gasteiger partial charge on any atom is 0.410 e. The molecule has 206 valence electrons. The van der Waals surface area contributed by atoms with Gasteiger partial charge in [0.25, 0.3) is 0 Å². The van der Waals surface area contributed by atoms with Gasteiger partial charge in [-0.05, 0) is 45.7 Å². The number of anilines is 1. The van der Waals surface area contributed by atoms with E-state index in [1.807, 2.05) is 67.1 Å². The standard InChI is InChI=1S/C28H30N8O3S/c1-17-30-24(34-39-17)19-8-5-7-18(15-19)22-23(36-13-14-40-26(36)33-22)21-10-11-29-25(32-21)31-20-9-6-12-35(16-20)27(37)38-28(2,3)4/h5,7-8,10-11,13-15,20H,6,9,12,16H2,1-4H3,(H,29,31,32)/t20-/m1/s1. The summed E-state index contributed by atoms with van der Waals surface area (Å²) < 4.78 is 12.8. The number of aryl methyl sites for hydroxylation is 1. The minimum Gasteiger partial charge on any atom is -0.444 e. The molecule has 1 aliphatic heterocycles. The molecule has 0 saturated carbocycles. The molecule has 1 N–H and O–H groups in total. The zero-order valence-corrected chi connectivity index (χ0v) is 23.6.